The summed E-state index contributed by atoms with van der Waals surface area (Å²) in [7, 11) is 0. The zero-order chi connectivity index (χ0) is 52.6. The van der Waals surface area contributed by atoms with Gasteiger partial charge in [-0.15, -0.1) is 48.1 Å². The van der Waals surface area contributed by atoms with Crippen LogP contribution in [0.15, 0.2) is 182 Å². The quantitative estimate of drug-likeness (QED) is 0.142. The Balaban J connectivity index is 0.00000657. The third-order valence-corrected chi connectivity index (χ3v) is 13.9. The Kier molecular flexibility index (Phi) is 11.9. The molecule has 0 saturated carbocycles. The number of hydrogen-bond donors (Lipinski definition) is 0. The molecular formula is C67H61N4OPt-3. The van der Waals surface area contributed by atoms with Crippen molar-refractivity contribution in [2.24, 2.45) is 0 Å². The molecule has 5 nitrogen and oxygen atoms in total. The van der Waals surface area contributed by atoms with Crippen molar-refractivity contribution in [2.45, 2.75) is 85.4 Å². The van der Waals surface area contributed by atoms with Gasteiger partial charge in [0, 0.05) is 76.6 Å². The van der Waals surface area contributed by atoms with Crippen molar-refractivity contribution in [1.82, 2.24) is 9.55 Å². The first-order valence-electron chi connectivity index (χ1n) is 26.4. The fraction of sp³-hybridized carbons (Fsp3) is 0.194. The molecule has 73 heavy (non-hydrogen) atoms. The molecule has 0 fully saturated rings. The molecule has 2 aromatic heterocycles. The fourth-order valence-electron chi connectivity index (χ4n) is 10.1. The third-order valence-electron chi connectivity index (χ3n) is 13.9. The standard InChI is InChI=1S/C67H61N4O.Pt/c1-44-37-38-68-63(39-44)71-59-22-12-11-19-56(59)57-36-34-52(42-62(57)71)72-51-18-15-17-50(41-51)69-43-70(61-24-14-13-23-60(61)69)64-54(20-16-21-55(64)47-29-31-48(32-30-47)65(2,3)4)46-27-25-45(26-28-46)53-35-33-49(66(5,6)7)40-58(53)67(8,9)10;/h11-40,43H,1-10H3;/q-3;/i1D3;. The van der Waals surface area contributed by atoms with Gasteiger partial charge in [-0.3, -0.25) is 0 Å². The summed E-state index contributed by atoms with van der Waals surface area (Å²) >= 11 is 0. The third kappa shape index (κ3) is 9.41. The van der Waals surface area contributed by atoms with Gasteiger partial charge in [0.25, 0.3) is 0 Å². The smallest absolute Gasteiger partial charge is 0.135 e. The number of hydrogen-bond acceptors (Lipinski definition) is 4. The van der Waals surface area contributed by atoms with Gasteiger partial charge in [-0.05, 0) is 103 Å². The Bertz CT molecular complexity index is 3780. The molecule has 1 aliphatic heterocycles. The summed E-state index contributed by atoms with van der Waals surface area (Å²) in [6, 6.07) is 68.5. The van der Waals surface area contributed by atoms with E-state index >= 15 is 0 Å². The van der Waals surface area contributed by atoms with E-state index in [1.807, 2.05) is 47.0 Å². The molecule has 8 aromatic carbocycles. The first-order chi connectivity index (χ1) is 35.7. The summed E-state index contributed by atoms with van der Waals surface area (Å²) in [5, 5.41) is 1.94. The molecule has 0 bridgehead atoms. The number of ether oxygens (including phenoxy) is 1. The maximum atomic E-state index is 8.09. The first-order valence-corrected chi connectivity index (χ1v) is 24.9. The van der Waals surface area contributed by atoms with E-state index in [2.05, 4.69) is 217 Å². The van der Waals surface area contributed by atoms with E-state index < -0.39 is 6.85 Å². The van der Waals surface area contributed by atoms with Crippen molar-refractivity contribution in [3.63, 3.8) is 0 Å². The van der Waals surface area contributed by atoms with Crippen LogP contribution in [0, 0.1) is 25.7 Å². The van der Waals surface area contributed by atoms with Crippen molar-refractivity contribution in [3.05, 3.63) is 223 Å². The number of pyridine rings is 1. The second-order valence-corrected chi connectivity index (χ2v) is 22.1. The van der Waals surface area contributed by atoms with Crippen LogP contribution < -0.4 is 14.5 Å². The van der Waals surface area contributed by atoms with E-state index in [0.717, 1.165) is 66.8 Å². The number of aromatic nitrogens is 2. The van der Waals surface area contributed by atoms with Crippen LogP contribution in [0.25, 0.3) is 61.0 Å². The minimum Gasteiger partial charge on any atom is -0.509 e. The number of fused-ring (bicyclic) bond motifs is 4. The molecule has 0 amide bonds. The van der Waals surface area contributed by atoms with E-state index in [-0.39, 0.29) is 42.9 Å². The maximum absolute atomic E-state index is 8.09. The largest absolute Gasteiger partial charge is 0.509 e. The Morgan fingerprint density at radius 1 is 0.521 bits per heavy atom. The molecule has 368 valence electrons. The van der Waals surface area contributed by atoms with Crippen molar-refractivity contribution >= 4 is 44.6 Å². The number of rotatable bonds is 8. The Labute approximate surface area is 450 Å². The summed E-state index contributed by atoms with van der Waals surface area (Å²) in [5.41, 5.74) is 16.6. The van der Waals surface area contributed by atoms with Gasteiger partial charge in [-0.2, -0.15) is 12.1 Å². The van der Waals surface area contributed by atoms with Crippen molar-refractivity contribution in [1.29, 1.82) is 0 Å². The Hall–Kier alpha value is -7.20. The van der Waals surface area contributed by atoms with Gasteiger partial charge < -0.3 is 19.1 Å². The van der Waals surface area contributed by atoms with Gasteiger partial charge in [0.2, 0.25) is 0 Å². The molecule has 11 rings (SSSR count). The van der Waals surface area contributed by atoms with Crippen LogP contribution in [0.4, 0.5) is 22.7 Å². The number of benzene rings is 8. The van der Waals surface area contributed by atoms with Crippen LogP contribution in [0.2, 0.25) is 0 Å². The van der Waals surface area contributed by atoms with Crippen LogP contribution in [0.1, 0.15) is 88.7 Å². The monoisotopic (exact) mass is 1140 g/mol. The molecule has 0 aliphatic carbocycles. The van der Waals surface area contributed by atoms with Crippen LogP contribution in [-0.4, -0.2) is 9.55 Å². The topological polar surface area (TPSA) is 33.5 Å². The number of anilines is 4. The van der Waals surface area contributed by atoms with E-state index in [1.54, 1.807) is 18.3 Å². The van der Waals surface area contributed by atoms with E-state index in [9.17, 15) is 0 Å². The minimum atomic E-state index is -2.28. The molecule has 6 heteroatoms. The SMILES string of the molecule is [2H]C([2H])([2H])c1ccnc(-n2c3[c-]c(Oc4[c-]c(N5[CH-]N(c6c(-c7ccc(-c8ccc(C(C)(C)C)cc8C(C)(C)C)cc7)cccc6-c6ccc(C(C)(C)C)cc6)c6ccccc65)ccc4)ccc3c3ccccc32)c1.[Pt]. The molecule has 0 unspecified atom stereocenters. The first kappa shape index (κ1) is 45.6. The summed E-state index contributed by atoms with van der Waals surface area (Å²) in [5.74, 6) is 1.49. The summed E-state index contributed by atoms with van der Waals surface area (Å²) in [6.07, 6.45) is 1.55. The number of aryl methyl sites for hydroxylation is 1. The average molecular weight is 1140 g/mol. The van der Waals surface area contributed by atoms with E-state index in [1.165, 1.54) is 27.8 Å². The number of nitrogens with zero attached hydrogens (tertiary/aromatic N) is 4. The molecule has 3 heterocycles. The second kappa shape index (κ2) is 19.0. The van der Waals surface area contributed by atoms with Crippen LogP contribution in [-0.2, 0) is 37.3 Å². The number of para-hydroxylation sites is 4. The molecule has 1 aliphatic rings. The van der Waals surface area contributed by atoms with E-state index in [4.69, 9.17) is 8.85 Å². The molecule has 0 spiro atoms. The molecule has 0 N–H and O–H groups in total. The predicted octanol–water partition coefficient (Wildman–Crippen LogP) is 18.2. The summed E-state index contributed by atoms with van der Waals surface area (Å²) < 4.78 is 32.9. The fourth-order valence-corrected chi connectivity index (χ4v) is 10.1. The Morgan fingerprint density at radius 3 is 1.79 bits per heavy atom. The molecular weight excluding hydrogens is 1070 g/mol. The summed E-state index contributed by atoms with van der Waals surface area (Å²) in [4.78, 5) is 9.14. The normalized spacial score (nSPS) is 13.6. The van der Waals surface area contributed by atoms with Crippen molar-refractivity contribution in [2.75, 3.05) is 9.80 Å². The van der Waals surface area contributed by atoms with Gasteiger partial charge in [-0.1, -0.05) is 183 Å². The minimum absolute atomic E-state index is 0. The predicted molar refractivity (Wildman–Crippen MR) is 301 cm³/mol. The van der Waals surface area contributed by atoms with Gasteiger partial charge >= 0.3 is 0 Å². The van der Waals surface area contributed by atoms with Gasteiger partial charge in [0.1, 0.15) is 5.82 Å². The van der Waals surface area contributed by atoms with Crippen molar-refractivity contribution < 1.29 is 29.9 Å². The Morgan fingerprint density at radius 2 is 1.12 bits per heavy atom. The molecule has 0 saturated heterocycles. The zero-order valence-electron chi connectivity index (χ0n) is 45.9. The maximum Gasteiger partial charge on any atom is 0.135 e. The van der Waals surface area contributed by atoms with Crippen LogP contribution >= 0.6 is 0 Å². The van der Waals surface area contributed by atoms with E-state index in [0.29, 0.717) is 17.3 Å². The van der Waals surface area contributed by atoms with Gasteiger partial charge in [0.05, 0.1) is 0 Å². The van der Waals surface area contributed by atoms with Crippen molar-refractivity contribution in [3.8, 4) is 50.7 Å². The van der Waals surface area contributed by atoms with Gasteiger partial charge in [0.15, 0.2) is 0 Å². The van der Waals surface area contributed by atoms with Crippen LogP contribution in [0.3, 0.4) is 0 Å². The van der Waals surface area contributed by atoms with Crippen LogP contribution in [0.5, 0.6) is 11.5 Å². The van der Waals surface area contributed by atoms with Gasteiger partial charge in [-0.25, -0.2) is 4.98 Å². The average Bonchev–Trinajstić information content (AvgIpc) is 4.04. The zero-order valence-corrected chi connectivity index (χ0v) is 45.2. The second-order valence-electron chi connectivity index (χ2n) is 22.1. The molecule has 10 aromatic rings. The summed E-state index contributed by atoms with van der Waals surface area (Å²) in [6.45, 7) is 20.4. The molecule has 0 radical (unpaired) electrons. The molecule has 0 atom stereocenters.